The molecular formula is C22H21F2N5O3. The van der Waals surface area contributed by atoms with Crippen molar-refractivity contribution in [2.75, 3.05) is 19.5 Å². The van der Waals surface area contributed by atoms with E-state index in [2.05, 4.69) is 27.2 Å². The molecular weight excluding hydrogens is 420 g/mol. The second kappa shape index (κ2) is 8.29. The summed E-state index contributed by atoms with van der Waals surface area (Å²) in [6.07, 6.45) is 5.17. The number of hydrogen-bond donors (Lipinski definition) is 2. The predicted octanol–water partition coefficient (Wildman–Crippen LogP) is 3.72. The number of aromatic amines is 1. The van der Waals surface area contributed by atoms with Crippen molar-refractivity contribution >= 4 is 23.2 Å². The number of carbonyl (C=O) groups excluding carboxylic acids is 1. The number of H-pyrrole nitrogens is 1. The van der Waals surface area contributed by atoms with Gasteiger partial charge in [-0.15, -0.1) is 0 Å². The third-order valence-electron chi connectivity index (χ3n) is 5.36. The first-order chi connectivity index (χ1) is 15.4. The highest BCUT2D eigenvalue weighted by molar-refractivity contribution is 6.01. The number of amides is 1. The van der Waals surface area contributed by atoms with Gasteiger partial charge >= 0.3 is 0 Å². The van der Waals surface area contributed by atoms with Gasteiger partial charge in [0.15, 0.2) is 23.1 Å². The van der Waals surface area contributed by atoms with E-state index in [1.54, 1.807) is 17.8 Å². The maximum Gasteiger partial charge on any atom is 0.247 e. The number of aryl methyl sites for hydroxylation is 1. The number of carbonyl (C=O) groups is 1. The van der Waals surface area contributed by atoms with Gasteiger partial charge in [0.2, 0.25) is 5.91 Å². The molecule has 4 rings (SSSR count). The van der Waals surface area contributed by atoms with Crippen LogP contribution >= 0.6 is 0 Å². The van der Waals surface area contributed by atoms with Gasteiger partial charge < -0.3 is 14.8 Å². The zero-order valence-corrected chi connectivity index (χ0v) is 17.8. The van der Waals surface area contributed by atoms with E-state index >= 15 is 0 Å². The van der Waals surface area contributed by atoms with E-state index in [1.165, 1.54) is 26.5 Å². The summed E-state index contributed by atoms with van der Waals surface area (Å²) in [5, 5.41) is 14.2. The molecule has 32 heavy (non-hydrogen) atoms. The quantitative estimate of drug-likeness (QED) is 0.569. The average molecular weight is 441 g/mol. The summed E-state index contributed by atoms with van der Waals surface area (Å²) in [6, 6.07) is 1.18. The number of fused-ring (bicyclic) bond motifs is 1. The number of ether oxygens (including phenoxy) is 2. The summed E-state index contributed by atoms with van der Waals surface area (Å²) in [7, 11) is 4.35. The minimum atomic E-state index is -0.790. The van der Waals surface area contributed by atoms with Crippen LogP contribution in [-0.4, -0.2) is 40.1 Å². The summed E-state index contributed by atoms with van der Waals surface area (Å²) in [5.74, 6) is -2.16. The predicted molar refractivity (Wildman–Crippen MR) is 115 cm³/mol. The number of halogens is 2. The molecule has 0 fully saturated rings. The normalized spacial score (nSPS) is 12.7. The van der Waals surface area contributed by atoms with Crippen molar-refractivity contribution in [2.45, 2.75) is 12.8 Å². The van der Waals surface area contributed by atoms with E-state index in [-0.39, 0.29) is 23.0 Å². The van der Waals surface area contributed by atoms with Crippen molar-refractivity contribution in [2.24, 2.45) is 7.05 Å². The van der Waals surface area contributed by atoms with E-state index in [1.807, 2.05) is 0 Å². The highest BCUT2D eigenvalue weighted by Crippen LogP contribution is 2.41. The largest absolute Gasteiger partial charge is 0.494 e. The Morgan fingerprint density at radius 2 is 1.94 bits per heavy atom. The van der Waals surface area contributed by atoms with Crippen molar-refractivity contribution in [3.63, 3.8) is 0 Å². The second-order valence-corrected chi connectivity index (χ2v) is 7.14. The smallest absolute Gasteiger partial charge is 0.247 e. The maximum absolute atomic E-state index is 15.0. The minimum absolute atomic E-state index is 0.104. The lowest BCUT2D eigenvalue weighted by Gasteiger charge is -2.18. The first kappa shape index (κ1) is 21.3. The molecule has 2 N–H and O–H groups in total. The number of nitrogens with one attached hydrogen (secondary N) is 2. The topological polar surface area (TPSA) is 94.1 Å². The van der Waals surface area contributed by atoms with Crippen LogP contribution < -0.4 is 14.8 Å². The lowest BCUT2D eigenvalue weighted by atomic mass is 9.89. The molecule has 0 spiro atoms. The van der Waals surface area contributed by atoms with Gasteiger partial charge in [-0.2, -0.15) is 10.2 Å². The standard InChI is InChI=1S/C22H21F2N5O3/c1-5-17(30)26-14-10-25-29(2)22(14)21-12-7-6-11(8-13(12)27-28-21)18-19(23)15(31-3)9-16(32-4)20(18)24/h5,8-10H,1,6-7H2,2-4H3,(H,26,30)(H,27,28). The van der Waals surface area contributed by atoms with Gasteiger partial charge in [0.1, 0.15) is 11.4 Å². The molecule has 1 aliphatic carbocycles. The van der Waals surface area contributed by atoms with Crippen LogP contribution in [0.4, 0.5) is 14.5 Å². The number of anilines is 1. The molecule has 0 saturated carbocycles. The van der Waals surface area contributed by atoms with Gasteiger partial charge in [-0.25, -0.2) is 8.78 Å². The van der Waals surface area contributed by atoms with E-state index in [9.17, 15) is 13.6 Å². The first-order valence-electron chi connectivity index (χ1n) is 9.73. The van der Waals surface area contributed by atoms with Gasteiger partial charge in [-0.05, 0) is 30.6 Å². The van der Waals surface area contributed by atoms with Crippen molar-refractivity contribution in [1.29, 1.82) is 0 Å². The lowest BCUT2D eigenvalue weighted by Crippen LogP contribution is -2.09. The molecule has 3 aromatic rings. The Morgan fingerprint density at radius 1 is 1.25 bits per heavy atom. The molecule has 1 aliphatic rings. The number of methoxy groups -OCH3 is 2. The number of benzene rings is 1. The van der Waals surface area contributed by atoms with Crippen LogP contribution in [0, 0.1) is 11.6 Å². The molecule has 0 bridgehead atoms. The van der Waals surface area contributed by atoms with E-state index in [0.29, 0.717) is 41.2 Å². The van der Waals surface area contributed by atoms with Crippen molar-refractivity contribution in [3.8, 4) is 22.9 Å². The molecule has 8 nitrogen and oxygen atoms in total. The van der Waals surface area contributed by atoms with E-state index in [4.69, 9.17) is 9.47 Å². The monoisotopic (exact) mass is 441 g/mol. The summed E-state index contributed by atoms with van der Waals surface area (Å²) >= 11 is 0. The van der Waals surface area contributed by atoms with Gasteiger partial charge in [-0.1, -0.05) is 6.58 Å². The highest BCUT2D eigenvalue weighted by Gasteiger charge is 2.28. The Balaban J connectivity index is 1.79. The number of allylic oxidation sites excluding steroid dienone is 1. The fraction of sp³-hybridized carbons (Fsp3) is 0.227. The van der Waals surface area contributed by atoms with Crippen LogP contribution in [0.1, 0.15) is 23.2 Å². The maximum atomic E-state index is 15.0. The molecule has 10 heteroatoms. The van der Waals surface area contributed by atoms with Gasteiger partial charge in [0, 0.05) is 18.7 Å². The van der Waals surface area contributed by atoms with Crippen molar-refractivity contribution in [1.82, 2.24) is 20.0 Å². The molecule has 0 radical (unpaired) electrons. The average Bonchev–Trinajstić information content (AvgIpc) is 3.36. The molecule has 1 aromatic carbocycles. The van der Waals surface area contributed by atoms with Gasteiger partial charge in [-0.3, -0.25) is 14.6 Å². The van der Waals surface area contributed by atoms with Crippen LogP contribution in [-0.2, 0) is 18.3 Å². The third kappa shape index (κ3) is 3.43. The summed E-state index contributed by atoms with van der Waals surface area (Å²) in [5.41, 5.74) is 3.41. The molecule has 0 unspecified atom stereocenters. The Bertz CT molecular complexity index is 1230. The highest BCUT2D eigenvalue weighted by atomic mass is 19.1. The van der Waals surface area contributed by atoms with Gasteiger partial charge in [0.25, 0.3) is 0 Å². The van der Waals surface area contributed by atoms with Crippen LogP contribution in [0.3, 0.4) is 0 Å². The Labute approximate surface area is 182 Å². The molecule has 0 aliphatic heterocycles. The Kier molecular flexibility index (Phi) is 5.52. The van der Waals surface area contributed by atoms with Crippen LogP contribution in [0.5, 0.6) is 11.5 Å². The zero-order valence-electron chi connectivity index (χ0n) is 17.8. The number of rotatable bonds is 6. The Hall–Kier alpha value is -3.95. The third-order valence-corrected chi connectivity index (χ3v) is 5.36. The number of nitrogens with zero attached hydrogens (tertiary/aromatic N) is 3. The van der Waals surface area contributed by atoms with Crippen LogP contribution in [0.25, 0.3) is 23.0 Å². The van der Waals surface area contributed by atoms with Crippen molar-refractivity contribution < 1.29 is 23.0 Å². The SMILES string of the molecule is C=CC(=O)Nc1cnn(C)c1-c1n[nH]c2c1CCC(c1c(F)c(OC)cc(OC)c1F)=C2. The van der Waals surface area contributed by atoms with Crippen LogP contribution in [0.15, 0.2) is 24.9 Å². The number of hydrogen-bond acceptors (Lipinski definition) is 5. The van der Waals surface area contributed by atoms with Gasteiger partial charge in [0.05, 0.1) is 37.4 Å². The van der Waals surface area contributed by atoms with E-state index in [0.717, 1.165) is 11.6 Å². The summed E-state index contributed by atoms with van der Waals surface area (Å²) in [4.78, 5) is 11.8. The fourth-order valence-corrected chi connectivity index (χ4v) is 3.81. The molecule has 2 heterocycles. The summed E-state index contributed by atoms with van der Waals surface area (Å²) in [6.45, 7) is 3.45. The molecule has 0 saturated heterocycles. The fourth-order valence-electron chi connectivity index (χ4n) is 3.81. The zero-order chi connectivity index (χ0) is 23.0. The summed E-state index contributed by atoms with van der Waals surface area (Å²) < 4.78 is 41.6. The number of aromatic nitrogens is 4. The molecule has 2 aromatic heterocycles. The minimum Gasteiger partial charge on any atom is -0.494 e. The van der Waals surface area contributed by atoms with E-state index < -0.39 is 11.6 Å². The molecule has 0 atom stereocenters. The first-order valence-corrected chi connectivity index (χ1v) is 9.73. The second-order valence-electron chi connectivity index (χ2n) is 7.14. The molecule has 166 valence electrons. The lowest BCUT2D eigenvalue weighted by molar-refractivity contribution is -0.111. The van der Waals surface area contributed by atoms with Crippen LogP contribution in [0.2, 0.25) is 0 Å². The molecule has 1 amide bonds. The Morgan fingerprint density at radius 3 is 2.56 bits per heavy atom. The van der Waals surface area contributed by atoms with Crippen molar-refractivity contribution in [3.05, 3.63) is 53.4 Å².